The highest BCUT2D eigenvalue weighted by Crippen LogP contribution is 2.36. The van der Waals surface area contributed by atoms with Gasteiger partial charge in [-0.3, -0.25) is 14.3 Å². The average Bonchev–Trinajstić information content (AvgIpc) is 3.46. The summed E-state index contributed by atoms with van der Waals surface area (Å²) >= 11 is 0. The molecule has 0 bridgehead atoms. The largest absolute Gasteiger partial charge is 0.390 e. The predicted octanol–water partition coefficient (Wildman–Crippen LogP) is 1.21. The number of H-pyrrole nitrogens is 1. The number of ether oxygens (including phenoxy) is 1. The molecule has 2 fully saturated rings. The Balaban J connectivity index is 1.46. The van der Waals surface area contributed by atoms with Crippen LogP contribution in [0.1, 0.15) is 18.2 Å². The van der Waals surface area contributed by atoms with Crippen LogP contribution in [0.4, 0.5) is 11.4 Å². The Hall–Kier alpha value is -3.40. The van der Waals surface area contributed by atoms with Crippen LogP contribution in [0.3, 0.4) is 0 Å². The molecule has 0 aliphatic carbocycles. The Kier molecular flexibility index (Phi) is 5.99. The highest BCUT2D eigenvalue weighted by Gasteiger charge is 2.48. The van der Waals surface area contributed by atoms with Gasteiger partial charge in [0.25, 0.3) is 5.56 Å². The van der Waals surface area contributed by atoms with Crippen molar-refractivity contribution in [2.24, 2.45) is 0 Å². The zero-order chi connectivity index (χ0) is 23.8. The molecule has 9 nitrogen and oxygen atoms in total. The molecule has 2 saturated heterocycles. The van der Waals surface area contributed by atoms with E-state index in [0.717, 1.165) is 11.4 Å². The number of nitrogens with one attached hydrogen (secondary N) is 1. The van der Waals surface area contributed by atoms with Crippen molar-refractivity contribution >= 4 is 11.4 Å². The lowest BCUT2D eigenvalue weighted by Crippen LogP contribution is -2.55. The van der Waals surface area contributed by atoms with E-state index in [1.165, 1.54) is 10.8 Å². The van der Waals surface area contributed by atoms with E-state index in [4.69, 9.17) is 4.74 Å². The van der Waals surface area contributed by atoms with Gasteiger partial charge in [0, 0.05) is 42.6 Å². The highest BCUT2D eigenvalue weighted by atomic mass is 16.5. The first kappa shape index (κ1) is 22.4. The van der Waals surface area contributed by atoms with E-state index in [1.807, 2.05) is 60.7 Å². The molecule has 1 aromatic heterocycles. The van der Waals surface area contributed by atoms with E-state index in [0.29, 0.717) is 18.7 Å². The summed E-state index contributed by atoms with van der Waals surface area (Å²) in [5, 5.41) is 22.5. The number of para-hydroxylation sites is 2. The van der Waals surface area contributed by atoms with Gasteiger partial charge in [-0.05, 0) is 31.2 Å². The molecular weight excluding hydrogens is 436 g/mol. The number of nitrogens with zero attached hydrogens (tertiary/aromatic N) is 3. The summed E-state index contributed by atoms with van der Waals surface area (Å²) in [4.78, 5) is 30.6. The Morgan fingerprint density at radius 2 is 1.53 bits per heavy atom. The number of rotatable bonds is 5. The minimum Gasteiger partial charge on any atom is -0.390 e. The molecule has 5 rings (SSSR count). The molecule has 0 amide bonds. The minimum absolute atomic E-state index is 0.122. The first-order valence-corrected chi connectivity index (χ1v) is 11.4. The van der Waals surface area contributed by atoms with Gasteiger partial charge in [-0.15, -0.1) is 0 Å². The summed E-state index contributed by atoms with van der Waals surface area (Å²) in [6.45, 7) is 2.97. The van der Waals surface area contributed by atoms with Crippen molar-refractivity contribution in [3.05, 3.63) is 93.3 Å². The summed E-state index contributed by atoms with van der Waals surface area (Å²) in [5.74, 6) is 0. The number of aliphatic hydroxyl groups excluding tert-OH is 2. The van der Waals surface area contributed by atoms with Crippen LogP contribution in [0, 0.1) is 6.92 Å². The van der Waals surface area contributed by atoms with Gasteiger partial charge in [0.05, 0.1) is 6.10 Å². The van der Waals surface area contributed by atoms with E-state index < -0.39 is 42.0 Å². The maximum atomic E-state index is 12.4. The highest BCUT2D eigenvalue weighted by molar-refractivity contribution is 5.57. The average molecular weight is 465 g/mol. The monoisotopic (exact) mass is 464 g/mol. The van der Waals surface area contributed by atoms with Gasteiger partial charge in [-0.1, -0.05) is 36.4 Å². The maximum absolute atomic E-state index is 12.4. The third-order valence-corrected chi connectivity index (χ3v) is 6.63. The lowest BCUT2D eigenvalue weighted by molar-refractivity contribution is -0.0893. The molecule has 178 valence electrons. The van der Waals surface area contributed by atoms with Gasteiger partial charge in [-0.2, -0.15) is 0 Å². The second-order valence-electron chi connectivity index (χ2n) is 8.80. The predicted molar refractivity (Wildman–Crippen MR) is 128 cm³/mol. The number of hydrogen-bond acceptors (Lipinski definition) is 7. The molecule has 0 spiro atoms. The van der Waals surface area contributed by atoms with Gasteiger partial charge >= 0.3 is 5.69 Å². The van der Waals surface area contributed by atoms with Crippen LogP contribution in [0.2, 0.25) is 0 Å². The lowest BCUT2D eigenvalue weighted by atomic mass is 10.0. The van der Waals surface area contributed by atoms with Crippen LogP contribution in [0.25, 0.3) is 0 Å². The summed E-state index contributed by atoms with van der Waals surface area (Å²) in [6.07, 6.45) is -2.74. The van der Waals surface area contributed by atoms with Crippen molar-refractivity contribution < 1.29 is 14.9 Å². The Morgan fingerprint density at radius 3 is 2.09 bits per heavy atom. The van der Waals surface area contributed by atoms with Gasteiger partial charge in [-0.25, -0.2) is 4.79 Å². The first-order chi connectivity index (χ1) is 16.4. The molecule has 0 saturated carbocycles. The molecule has 2 aromatic carbocycles. The van der Waals surface area contributed by atoms with E-state index >= 15 is 0 Å². The Bertz CT molecular complexity index is 1200. The van der Waals surface area contributed by atoms with Gasteiger partial charge in [0.2, 0.25) is 0 Å². The standard InChI is InChI=1S/C25H28N4O5/c1-16-15-29(25(33)26-23(16)32)20-14-19(30)22(34-20)21(31)24-27(17-8-4-2-5-9-17)12-13-28(24)18-10-6-3-7-11-18/h2-11,15,19-22,24,30-31H,12-14H2,1H3,(H,26,32,33)/t19-,20+,21?,22-/m0/s1. The first-order valence-electron chi connectivity index (χ1n) is 11.4. The summed E-state index contributed by atoms with van der Waals surface area (Å²) in [5.41, 5.74) is 1.21. The zero-order valence-electron chi connectivity index (χ0n) is 18.8. The molecule has 9 heteroatoms. The number of aromatic nitrogens is 2. The fourth-order valence-electron chi connectivity index (χ4n) is 4.94. The second-order valence-corrected chi connectivity index (χ2v) is 8.80. The third-order valence-electron chi connectivity index (χ3n) is 6.63. The number of hydrogen-bond donors (Lipinski definition) is 3. The van der Waals surface area contributed by atoms with E-state index in [-0.39, 0.29) is 6.42 Å². The fourth-order valence-corrected chi connectivity index (χ4v) is 4.94. The zero-order valence-corrected chi connectivity index (χ0v) is 18.8. The van der Waals surface area contributed by atoms with E-state index in [2.05, 4.69) is 14.8 Å². The van der Waals surface area contributed by atoms with Crippen molar-refractivity contribution in [3.8, 4) is 0 Å². The summed E-state index contributed by atoms with van der Waals surface area (Å²) < 4.78 is 7.33. The number of benzene rings is 2. The molecule has 34 heavy (non-hydrogen) atoms. The van der Waals surface area contributed by atoms with Crippen molar-refractivity contribution in [1.82, 2.24) is 9.55 Å². The molecule has 1 unspecified atom stereocenters. The number of anilines is 2. The Morgan fingerprint density at radius 1 is 0.971 bits per heavy atom. The third kappa shape index (κ3) is 4.02. The number of aliphatic hydroxyl groups is 2. The topological polar surface area (TPSA) is 111 Å². The molecular formula is C25H28N4O5. The lowest BCUT2D eigenvalue weighted by Gasteiger charge is -2.38. The quantitative estimate of drug-likeness (QED) is 0.521. The SMILES string of the molecule is Cc1cn([C@H]2C[C@H](O)[C@@H](C(O)C3N(c4ccccc4)CCN3c3ccccc3)O2)c(=O)[nH]c1=O. The molecule has 2 aliphatic heterocycles. The van der Waals surface area contributed by atoms with Gasteiger partial charge < -0.3 is 24.7 Å². The van der Waals surface area contributed by atoms with Crippen molar-refractivity contribution in [2.75, 3.05) is 22.9 Å². The van der Waals surface area contributed by atoms with Gasteiger partial charge in [0.15, 0.2) is 0 Å². The normalized spacial score (nSPS) is 24.0. The van der Waals surface area contributed by atoms with Crippen LogP contribution in [-0.4, -0.2) is 57.3 Å². The minimum atomic E-state index is -1.08. The van der Waals surface area contributed by atoms with Gasteiger partial charge in [0.1, 0.15) is 24.6 Å². The molecule has 0 radical (unpaired) electrons. The van der Waals surface area contributed by atoms with E-state index in [1.54, 1.807) is 6.92 Å². The molecule has 3 heterocycles. The van der Waals surface area contributed by atoms with Crippen LogP contribution >= 0.6 is 0 Å². The van der Waals surface area contributed by atoms with Crippen molar-refractivity contribution in [3.63, 3.8) is 0 Å². The van der Waals surface area contributed by atoms with Crippen LogP contribution in [0.15, 0.2) is 76.4 Å². The van der Waals surface area contributed by atoms with Crippen LogP contribution < -0.4 is 21.0 Å². The Labute approximate surface area is 196 Å². The fraction of sp³-hybridized carbons (Fsp3) is 0.360. The maximum Gasteiger partial charge on any atom is 0.330 e. The van der Waals surface area contributed by atoms with Crippen LogP contribution in [-0.2, 0) is 4.74 Å². The summed E-state index contributed by atoms with van der Waals surface area (Å²) in [6, 6.07) is 19.7. The molecule has 4 atom stereocenters. The molecule has 3 aromatic rings. The number of aryl methyl sites for hydroxylation is 1. The second kappa shape index (κ2) is 9.09. The van der Waals surface area contributed by atoms with Crippen molar-refractivity contribution in [1.29, 1.82) is 0 Å². The number of aromatic amines is 1. The smallest absolute Gasteiger partial charge is 0.330 e. The van der Waals surface area contributed by atoms with E-state index in [9.17, 15) is 19.8 Å². The van der Waals surface area contributed by atoms with Crippen molar-refractivity contribution in [2.45, 2.75) is 44.1 Å². The van der Waals surface area contributed by atoms with Crippen LogP contribution in [0.5, 0.6) is 0 Å². The molecule has 3 N–H and O–H groups in total. The molecule has 2 aliphatic rings. The summed E-state index contributed by atoms with van der Waals surface area (Å²) in [7, 11) is 0.